The van der Waals surface area contributed by atoms with Crippen LogP contribution in [-0.4, -0.2) is 11.8 Å². The summed E-state index contributed by atoms with van der Waals surface area (Å²) < 4.78 is 0. The first-order valence-corrected chi connectivity index (χ1v) is 10.2. The van der Waals surface area contributed by atoms with Crippen molar-refractivity contribution in [2.24, 2.45) is 5.92 Å². The van der Waals surface area contributed by atoms with Gasteiger partial charge in [0.05, 0.1) is 4.88 Å². The second kappa shape index (κ2) is 8.04. The van der Waals surface area contributed by atoms with Gasteiger partial charge in [-0.05, 0) is 61.9 Å². The first-order valence-electron chi connectivity index (χ1n) is 9.36. The molecule has 3 rings (SSSR count). The topological polar surface area (TPSA) is 58.2 Å². The molecule has 4 nitrogen and oxygen atoms in total. The van der Waals surface area contributed by atoms with E-state index in [4.69, 9.17) is 0 Å². The Morgan fingerprint density at radius 2 is 1.92 bits per heavy atom. The first-order chi connectivity index (χ1) is 12.5. The molecule has 2 amide bonds. The fraction of sp³-hybridized carbons (Fsp3) is 0.429. The van der Waals surface area contributed by atoms with Gasteiger partial charge in [-0.1, -0.05) is 26.3 Å². The lowest BCUT2D eigenvalue weighted by Gasteiger charge is -2.11. The molecule has 0 atom stereocenters. The van der Waals surface area contributed by atoms with E-state index < -0.39 is 0 Å². The van der Waals surface area contributed by atoms with Gasteiger partial charge in [-0.2, -0.15) is 0 Å². The Kier molecular flexibility index (Phi) is 5.77. The molecule has 0 bridgehead atoms. The van der Waals surface area contributed by atoms with Gasteiger partial charge >= 0.3 is 0 Å². The summed E-state index contributed by atoms with van der Waals surface area (Å²) in [6.07, 6.45) is 4.99. The van der Waals surface area contributed by atoms with Crippen LogP contribution < -0.4 is 10.6 Å². The minimum Gasteiger partial charge on any atom is -0.326 e. The molecule has 0 radical (unpaired) electrons. The zero-order valence-electron chi connectivity index (χ0n) is 15.6. The fourth-order valence-corrected chi connectivity index (χ4v) is 4.18. The van der Waals surface area contributed by atoms with Crippen LogP contribution in [0.25, 0.3) is 0 Å². The summed E-state index contributed by atoms with van der Waals surface area (Å²) in [7, 11) is 0. The Labute approximate surface area is 159 Å². The van der Waals surface area contributed by atoms with Crippen LogP contribution in [0.3, 0.4) is 0 Å². The van der Waals surface area contributed by atoms with E-state index in [0.717, 1.165) is 53.9 Å². The van der Waals surface area contributed by atoms with Gasteiger partial charge in [0, 0.05) is 22.2 Å². The summed E-state index contributed by atoms with van der Waals surface area (Å²) in [5.41, 5.74) is 3.72. The summed E-state index contributed by atoms with van der Waals surface area (Å²) in [4.78, 5) is 26.7. The Balaban J connectivity index is 1.74. The molecule has 1 saturated carbocycles. The van der Waals surface area contributed by atoms with Crippen molar-refractivity contribution >= 4 is 34.5 Å². The molecule has 5 heteroatoms. The van der Waals surface area contributed by atoms with E-state index in [1.807, 2.05) is 31.2 Å². The zero-order valence-corrected chi connectivity index (χ0v) is 16.5. The second-order valence-electron chi connectivity index (χ2n) is 6.91. The number of thiophene rings is 1. The largest absolute Gasteiger partial charge is 0.326 e. The number of carbonyl (C=O) groups excluding carboxylic acids is 2. The van der Waals surface area contributed by atoms with Crippen LogP contribution in [-0.2, 0) is 17.6 Å². The number of hydrogen-bond donors (Lipinski definition) is 2. The third-order valence-corrected chi connectivity index (χ3v) is 5.92. The number of rotatable bonds is 7. The Morgan fingerprint density at radius 1 is 1.15 bits per heavy atom. The van der Waals surface area contributed by atoms with E-state index in [9.17, 15) is 9.59 Å². The molecule has 26 heavy (non-hydrogen) atoms. The van der Waals surface area contributed by atoms with Crippen molar-refractivity contribution in [3.8, 4) is 0 Å². The van der Waals surface area contributed by atoms with Crippen LogP contribution in [0.5, 0.6) is 0 Å². The molecule has 1 heterocycles. The Bertz CT molecular complexity index is 821. The van der Waals surface area contributed by atoms with Crippen LogP contribution in [0.1, 0.15) is 58.8 Å². The number of benzene rings is 1. The molecule has 2 aromatic rings. The highest BCUT2D eigenvalue weighted by Crippen LogP contribution is 2.31. The minimum absolute atomic E-state index is 0.0705. The van der Waals surface area contributed by atoms with Crippen molar-refractivity contribution in [3.63, 3.8) is 0 Å². The number of carbonyl (C=O) groups is 2. The molecular weight excluding hydrogens is 344 g/mol. The predicted molar refractivity (Wildman–Crippen MR) is 108 cm³/mol. The van der Waals surface area contributed by atoms with Gasteiger partial charge in [0.15, 0.2) is 0 Å². The molecule has 0 unspecified atom stereocenters. The summed E-state index contributed by atoms with van der Waals surface area (Å²) in [5.74, 6) is 0.145. The van der Waals surface area contributed by atoms with Gasteiger partial charge in [-0.15, -0.1) is 11.3 Å². The lowest BCUT2D eigenvalue weighted by molar-refractivity contribution is -0.117. The maximum absolute atomic E-state index is 12.7. The van der Waals surface area contributed by atoms with E-state index in [-0.39, 0.29) is 17.7 Å². The molecule has 1 aromatic heterocycles. The lowest BCUT2D eigenvalue weighted by Crippen LogP contribution is -2.15. The van der Waals surface area contributed by atoms with Gasteiger partial charge in [0.25, 0.3) is 5.91 Å². The van der Waals surface area contributed by atoms with Crippen molar-refractivity contribution in [1.29, 1.82) is 0 Å². The number of anilines is 2. The van der Waals surface area contributed by atoms with Crippen LogP contribution in [0, 0.1) is 12.8 Å². The van der Waals surface area contributed by atoms with E-state index in [2.05, 4.69) is 24.5 Å². The van der Waals surface area contributed by atoms with Crippen molar-refractivity contribution in [3.05, 3.63) is 45.1 Å². The maximum Gasteiger partial charge on any atom is 0.265 e. The highest BCUT2D eigenvalue weighted by molar-refractivity contribution is 7.14. The summed E-state index contributed by atoms with van der Waals surface area (Å²) >= 11 is 1.59. The Hall–Kier alpha value is -2.14. The van der Waals surface area contributed by atoms with E-state index in [1.165, 1.54) is 10.4 Å². The van der Waals surface area contributed by atoms with Gasteiger partial charge in [-0.3, -0.25) is 9.59 Å². The minimum atomic E-state index is -0.0826. The van der Waals surface area contributed by atoms with Crippen LogP contribution in [0.15, 0.2) is 24.3 Å². The molecule has 1 aromatic carbocycles. The molecule has 1 aliphatic carbocycles. The van der Waals surface area contributed by atoms with Crippen LogP contribution in [0.4, 0.5) is 11.4 Å². The summed E-state index contributed by atoms with van der Waals surface area (Å²) in [6.45, 7) is 6.24. The Morgan fingerprint density at radius 3 is 2.58 bits per heavy atom. The summed E-state index contributed by atoms with van der Waals surface area (Å²) in [6, 6.07) is 7.66. The number of amides is 2. The average molecular weight is 371 g/mol. The predicted octanol–water partition coefficient (Wildman–Crippen LogP) is 5.17. The second-order valence-corrected chi connectivity index (χ2v) is 8.05. The number of nitrogens with one attached hydrogen (secondary N) is 2. The normalized spacial score (nSPS) is 13.5. The van der Waals surface area contributed by atoms with Crippen molar-refractivity contribution in [2.45, 2.75) is 52.9 Å². The van der Waals surface area contributed by atoms with Crippen molar-refractivity contribution in [2.75, 3.05) is 10.6 Å². The van der Waals surface area contributed by atoms with E-state index >= 15 is 0 Å². The maximum atomic E-state index is 12.7. The SMILES string of the molecule is CCCc1sc(C(=O)Nc2cc(NC(=O)C3CC3)ccc2C)cc1CC. The molecule has 1 fully saturated rings. The van der Waals surface area contributed by atoms with E-state index in [1.54, 1.807) is 11.3 Å². The lowest BCUT2D eigenvalue weighted by atomic mass is 10.1. The van der Waals surface area contributed by atoms with Crippen molar-refractivity contribution in [1.82, 2.24) is 0 Å². The van der Waals surface area contributed by atoms with Gasteiger partial charge in [-0.25, -0.2) is 0 Å². The van der Waals surface area contributed by atoms with E-state index in [0.29, 0.717) is 0 Å². The van der Waals surface area contributed by atoms with Gasteiger partial charge < -0.3 is 10.6 Å². The molecule has 2 N–H and O–H groups in total. The fourth-order valence-electron chi connectivity index (χ4n) is 2.92. The smallest absolute Gasteiger partial charge is 0.265 e. The number of hydrogen-bond acceptors (Lipinski definition) is 3. The highest BCUT2D eigenvalue weighted by atomic mass is 32.1. The standard InChI is InChI=1S/C21H26N2O2S/c1-4-6-18-14(5-2)11-19(26-18)21(25)23-17-12-16(10-7-13(17)3)22-20(24)15-8-9-15/h7,10-12,15H,4-6,8-9H2,1-3H3,(H,22,24)(H,23,25). The third kappa shape index (κ3) is 4.33. The van der Waals surface area contributed by atoms with Crippen LogP contribution in [0.2, 0.25) is 0 Å². The monoisotopic (exact) mass is 370 g/mol. The van der Waals surface area contributed by atoms with Crippen LogP contribution >= 0.6 is 11.3 Å². The first kappa shape index (κ1) is 18.6. The van der Waals surface area contributed by atoms with Gasteiger partial charge in [0.1, 0.15) is 0 Å². The third-order valence-electron chi connectivity index (χ3n) is 4.68. The quantitative estimate of drug-likeness (QED) is 0.706. The highest BCUT2D eigenvalue weighted by Gasteiger charge is 2.29. The van der Waals surface area contributed by atoms with Gasteiger partial charge in [0.2, 0.25) is 5.91 Å². The molecule has 0 saturated heterocycles. The summed E-state index contributed by atoms with van der Waals surface area (Å²) in [5, 5.41) is 5.95. The molecule has 1 aliphatic rings. The van der Waals surface area contributed by atoms with Crippen molar-refractivity contribution < 1.29 is 9.59 Å². The molecule has 0 aliphatic heterocycles. The average Bonchev–Trinajstić information content (AvgIpc) is 3.39. The molecule has 138 valence electrons. The number of aryl methyl sites for hydroxylation is 3. The zero-order chi connectivity index (χ0) is 18.7. The molecule has 0 spiro atoms. The molecular formula is C21H26N2O2S.